The number of carbonyl (C=O) groups is 1. The molecule has 0 saturated carbocycles. The Hall–Kier alpha value is -1.35. The molecule has 5 nitrogen and oxygen atoms in total. The number of halogens is 5. The molecule has 4 heterocycles. The van der Waals surface area contributed by atoms with Crippen molar-refractivity contribution in [1.29, 1.82) is 0 Å². The van der Waals surface area contributed by atoms with E-state index in [2.05, 4.69) is 25.9 Å². The smallest absolute Gasteiger partial charge is 0.338 e. The summed E-state index contributed by atoms with van der Waals surface area (Å²) in [6.45, 7) is 0.238. The molecule has 0 aromatic carbocycles. The molecule has 0 aliphatic carbocycles. The first-order valence-electron chi connectivity index (χ1n) is 7.81. The number of imidazole rings is 1. The van der Waals surface area contributed by atoms with Crippen LogP contribution in [0.15, 0.2) is 17.0 Å². The molecule has 10 heteroatoms. The quantitative estimate of drug-likeness (QED) is 0.682. The minimum atomic E-state index is -4.34. The summed E-state index contributed by atoms with van der Waals surface area (Å²) in [6, 6.07) is -0.760. The van der Waals surface area contributed by atoms with E-state index in [9.17, 15) is 18.0 Å². The molecule has 0 radical (unpaired) electrons. The first-order valence-corrected chi connectivity index (χ1v) is 8.98. The van der Waals surface area contributed by atoms with Crippen LogP contribution in [0.3, 0.4) is 0 Å². The van der Waals surface area contributed by atoms with E-state index in [1.165, 1.54) is 4.90 Å². The van der Waals surface area contributed by atoms with Gasteiger partial charge in [-0.25, -0.2) is 9.97 Å². The zero-order valence-electron chi connectivity index (χ0n) is 12.8. The lowest BCUT2D eigenvalue weighted by atomic mass is 9.87. The van der Waals surface area contributed by atoms with Crippen molar-refractivity contribution >= 4 is 39.0 Å². The summed E-state index contributed by atoms with van der Waals surface area (Å²) in [5, 5.41) is 0.288. The maximum atomic E-state index is 13.2. The van der Waals surface area contributed by atoms with Gasteiger partial charge in [0.2, 0.25) is 5.91 Å². The molecule has 134 valence electrons. The molecule has 2 aromatic rings. The highest BCUT2D eigenvalue weighted by Gasteiger charge is 2.55. The lowest BCUT2D eigenvalue weighted by Gasteiger charge is -2.37. The number of nitrogens with zero attached hydrogens (tertiary/aromatic N) is 4. The molecule has 3 atom stereocenters. The minimum Gasteiger partial charge on any atom is -0.338 e. The number of rotatable bonds is 1. The highest BCUT2D eigenvalue weighted by molar-refractivity contribution is 9.10. The second kappa shape index (κ2) is 5.84. The van der Waals surface area contributed by atoms with Crippen molar-refractivity contribution in [2.24, 2.45) is 5.92 Å². The third-order valence-corrected chi connectivity index (χ3v) is 5.92. The van der Waals surface area contributed by atoms with Crippen molar-refractivity contribution < 1.29 is 18.0 Å². The van der Waals surface area contributed by atoms with Gasteiger partial charge in [0.1, 0.15) is 15.9 Å². The summed E-state index contributed by atoms with van der Waals surface area (Å²) in [5.41, 5.74) is 0.613. The Bertz CT molecular complexity index is 855. The fourth-order valence-corrected chi connectivity index (χ4v) is 4.87. The molecule has 2 saturated heterocycles. The molecule has 25 heavy (non-hydrogen) atoms. The molecule has 0 spiro atoms. The zero-order valence-corrected chi connectivity index (χ0v) is 15.1. The number of piperidine rings is 1. The summed E-state index contributed by atoms with van der Waals surface area (Å²) < 4.78 is 41.8. The Morgan fingerprint density at radius 3 is 2.80 bits per heavy atom. The van der Waals surface area contributed by atoms with E-state index in [1.54, 1.807) is 16.8 Å². The van der Waals surface area contributed by atoms with Gasteiger partial charge in [0.15, 0.2) is 5.15 Å². The fourth-order valence-electron chi connectivity index (χ4n) is 3.95. The molecule has 2 aliphatic rings. The Labute approximate surface area is 154 Å². The monoisotopic (exact) mass is 436 g/mol. The topological polar surface area (TPSA) is 50.5 Å². The number of amides is 1. The van der Waals surface area contributed by atoms with Crippen molar-refractivity contribution in [2.45, 2.75) is 37.4 Å². The van der Waals surface area contributed by atoms with Crippen molar-refractivity contribution in [3.8, 4) is 0 Å². The van der Waals surface area contributed by atoms with E-state index in [-0.39, 0.29) is 17.6 Å². The van der Waals surface area contributed by atoms with Crippen LogP contribution in [0, 0.1) is 5.92 Å². The van der Waals surface area contributed by atoms with E-state index in [0.717, 1.165) is 0 Å². The molecule has 4 rings (SSSR count). The van der Waals surface area contributed by atoms with E-state index in [1.807, 2.05) is 0 Å². The van der Waals surface area contributed by atoms with Gasteiger partial charge in [-0.1, -0.05) is 11.6 Å². The first kappa shape index (κ1) is 17.1. The third kappa shape index (κ3) is 2.71. The zero-order chi connectivity index (χ0) is 17.9. The Morgan fingerprint density at radius 2 is 2.08 bits per heavy atom. The lowest BCUT2D eigenvalue weighted by molar-refractivity contribution is -0.182. The standard InChI is InChI=1S/C15H13BrClF3N4O/c16-12-11-13(17)21-3-4-23(11)14(22-12)7-1-2-9-8(15(18,19)20)5-10(25)24(9)6-7/h3-4,7-9H,1-2,5-6H2/t7-,8+,9-/m1/s1. The van der Waals surface area contributed by atoms with Crippen LogP contribution in [0.4, 0.5) is 13.2 Å². The van der Waals surface area contributed by atoms with Gasteiger partial charge in [-0.3, -0.25) is 9.20 Å². The normalized spacial score (nSPS) is 27.2. The van der Waals surface area contributed by atoms with Crippen LogP contribution in [0.1, 0.15) is 31.0 Å². The second-order valence-electron chi connectivity index (χ2n) is 6.44. The number of fused-ring (bicyclic) bond motifs is 2. The van der Waals surface area contributed by atoms with Crippen LogP contribution in [-0.4, -0.2) is 43.9 Å². The van der Waals surface area contributed by atoms with Gasteiger partial charge >= 0.3 is 6.18 Å². The van der Waals surface area contributed by atoms with Crippen molar-refractivity contribution in [3.05, 3.63) is 28.0 Å². The number of hydrogen-bond donors (Lipinski definition) is 0. The number of aromatic nitrogens is 3. The van der Waals surface area contributed by atoms with Gasteiger partial charge in [-0.05, 0) is 28.8 Å². The number of carbonyl (C=O) groups excluding carboxylic acids is 1. The van der Waals surface area contributed by atoms with Gasteiger partial charge in [0, 0.05) is 37.3 Å². The number of alkyl halides is 3. The molecule has 0 bridgehead atoms. The van der Waals surface area contributed by atoms with E-state index in [4.69, 9.17) is 11.6 Å². The molecule has 2 aliphatic heterocycles. The SMILES string of the molecule is O=C1C[C@H](C(F)(F)F)[C@H]2CC[C@@H](c3nc(Br)c4c(Cl)nccn34)CN12. The maximum absolute atomic E-state index is 13.2. The minimum absolute atomic E-state index is 0.149. The van der Waals surface area contributed by atoms with Crippen LogP contribution >= 0.6 is 27.5 Å². The summed E-state index contributed by atoms with van der Waals surface area (Å²) in [5.74, 6) is -1.47. The third-order valence-electron chi connectivity index (χ3n) is 5.09. The Morgan fingerprint density at radius 1 is 1.32 bits per heavy atom. The van der Waals surface area contributed by atoms with E-state index < -0.39 is 30.5 Å². The number of hydrogen-bond acceptors (Lipinski definition) is 3. The van der Waals surface area contributed by atoms with Gasteiger partial charge in [-0.2, -0.15) is 13.2 Å². The molecular weight excluding hydrogens is 425 g/mol. The van der Waals surface area contributed by atoms with Crippen molar-refractivity contribution in [1.82, 2.24) is 19.3 Å². The maximum Gasteiger partial charge on any atom is 0.394 e. The lowest BCUT2D eigenvalue weighted by Crippen LogP contribution is -2.45. The van der Waals surface area contributed by atoms with Crippen LogP contribution in [0.25, 0.3) is 5.52 Å². The van der Waals surface area contributed by atoms with Gasteiger partial charge in [0.25, 0.3) is 0 Å². The molecule has 2 fully saturated rings. The van der Waals surface area contributed by atoms with Gasteiger partial charge < -0.3 is 4.90 Å². The van der Waals surface area contributed by atoms with Crippen LogP contribution < -0.4 is 0 Å². The van der Waals surface area contributed by atoms with E-state index >= 15 is 0 Å². The highest BCUT2D eigenvalue weighted by Crippen LogP contribution is 2.45. The predicted molar refractivity (Wildman–Crippen MR) is 87.3 cm³/mol. The summed E-state index contributed by atoms with van der Waals surface area (Å²) >= 11 is 9.46. The van der Waals surface area contributed by atoms with Crippen molar-refractivity contribution in [2.75, 3.05) is 6.54 Å². The van der Waals surface area contributed by atoms with E-state index in [0.29, 0.717) is 28.8 Å². The van der Waals surface area contributed by atoms with Gasteiger partial charge in [-0.15, -0.1) is 0 Å². The summed E-state index contributed by atoms with van der Waals surface area (Å²) in [6.07, 6.45) is -0.699. The fraction of sp³-hybridized carbons (Fsp3) is 0.533. The Balaban J connectivity index is 1.66. The molecule has 0 N–H and O–H groups in total. The molecule has 2 aromatic heterocycles. The van der Waals surface area contributed by atoms with Crippen LogP contribution in [0.2, 0.25) is 5.15 Å². The Kier molecular flexibility index (Phi) is 3.99. The highest BCUT2D eigenvalue weighted by atomic mass is 79.9. The second-order valence-corrected chi connectivity index (χ2v) is 7.55. The first-order chi connectivity index (χ1) is 11.8. The summed E-state index contributed by atoms with van der Waals surface area (Å²) in [4.78, 5) is 22.0. The molecule has 0 unspecified atom stereocenters. The average molecular weight is 438 g/mol. The molecule has 1 amide bonds. The van der Waals surface area contributed by atoms with Crippen LogP contribution in [-0.2, 0) is 4.79 Å². The average Bonchev–Trinajstić information content (AvgIpc) is 3.06. The summed E-state index contributed by atoms with van der Waals surface area (Å²) in [7, 11) is 0. The molecular formula is C15H13BrClF3N4O. The van der Waals surface area contributed by atoms with Crippen molar-refractivity contribution in [3.63, 3.8) is 0 Å². The van der Waals surface area contributed by atoms with Gasteiger partial charge in [0.05, 0.1) is 5.92 Å². The van der Waals surface area contributed by atoms with Crippen LogP contribution in [0.5, 0.6) is 0 Å². The largest absolute Gasteiger partial charge is 0.394 e. The predicted octanol–water partition coefficient (Wildman–Crippen LogP) is 3.80.